The Bertz CT molecular complexity index is 1580. The zero-order chi connectivity index (χ0) is 26.1. The summed E-state index contributed by atoms with van der Waals surface area (Å²) in [7, 11) is 0. The highest BCUT2D eigenvalue weighted by molar-refractivity contribution is 8.40. The highest BCUT2D eigenvalue weighted by Gasteiger charge is 2.32. The molecule has 0 saturated heterocycles. The van der Waals surface area contributed by atoms with Crippen molar-refractivity contribution in [2.75, 3.05) is 12.5 Å². The van der Waals surface area contributed by atoms with E-state index in [-0.39, 0.29) is 11.4 Å². The highest BCUT2D eigenvalue weighted by atomic mass is 32.3. The largest absolute Gasteiger partial charge is 0.477 e. The Morgan fingerprint density at radius 1 is 0.865 bits per heavy atom. The van der Waals surface area contributed by atoms with E-state index < -0.39 is 5.97 Å². The molecule has 0 fully saturated rings. The molecule has 0 unspecified atom stereocenters. The van der Waals surface area contributed by atoms with Gasteiger partial charge in [0.25, 0.3) is 0 Å². The van der Waals surface area contributed by atoms with E-state index in [1.807, 2.05) is 54.6 Å². The van der Waals surface area contributed by atoms with Crippen molar-refractivity contribution in [1.82, 2.24) is 0 Å². The quantitative estimate of drug-likeness (QED) is 0.196. The van der Waals surface area contributed by atoms with Crippen molar-refractivity contribution in [3.63, 3.8) is 0 Å². The molecule has 0 saturated carbocycles. The third-order valence-electron chi connectivity index (χ3n) is 5.99. The van der Waals surface area contributed by atoms with Crippen LogP contribution < -0.4 is 0 Å². The second-order valence-electron chi connectivity index (χ2n) is 8.08. The lowest BCUT2D eigenvalue weighted by atomic mass is 9.81. The molecule has 4 nitrogen and oxygen atoms in total. The number of ketones is 1. The van der Waals surface area contributed by atoms with Crippen molar-refractivity contribution in [3.8, 4) is 17.2 Å². The number of rotatable bonds is 5. The van der Waals surface area contributed by atoms with E-state index in [2.05, 4.69) is 12.5 Å². The minimum absolute atomic E-state index is 0.00705. The Morgan fingerprint density at radius 2 is 1.46 bits per heavy atom. The van der Waals surface area contributed by atoms with Gasteiger partial charge in [0, 0.05) is 16.7 Å². The van der Waals surface area contributed by atoms with Gasteiger partial charge in [-0.1, -0.05) is 84.2 Å². The molecule has 0 bridgehead atoms. The predicted octanol–water partition coefficient (Wildman–Crippen LogP) is 7.94. The summed E-state index contributed by atoms with van der Waals surface area (Å²) in [6.07, 6.45) is 5.53. The highest BCUT2D eigenvalue weighted by Crippen LogP contribution is 2.60. The fraction of sp³-hybridized carbons (Fsp3) is 0.0690. The van der Waals surface area contributed by atoms with Gasteiger partial charge >= 0.3 is 5.97 Å². The molecular weight excluding hydrogens is 539 g/mol. The van der Waals surface area contributed by atoms with E-state index in [1.165, 1.54) is 18.8 Å². The molecule has 1 N–H and O–H groups in total. The summed E-state index contributed by atoms with van der Waals surface area (Å²) in [6, 6.07) is 22.8. The number of carboxylic acids is 1. The summed E-state index contributed by atoms with van der Waals surface area (Å²) in [5.41, 5.74) is 6.47. The number of nitriles is 1. The summed E-state index contributed by atoms with van der Waals surface area (Å²) >= 11 is 7.04. The molecular formula is C29H19NO3S4. The topological polar surface area (TPSA) is 78.2 Å². The van der Waals surface area contributed by atoms with Crippen LogP contribution in [0.3, 0.4) is 0 Å². The van der Waals surface area contributed by atoms with Crippen LogP contribution in [0.1, 0.15) is 32.6 Å². The standard InChI is InChI=1S/C29H19NO3S4/c1-34-28-29(35-2)37-27(36-28)24-20-5-3-4-6-22(20)25(31)23-14-18(11-12-21(23)24)17-9-7-16(8-10-17)13-19(15-30)26(32)33/h3-14H,1-2H3,(H,32,33)/b19-13-. The Kier molecular flexibility index (Phi) is 7.40. The maximum atomic E-state index is 13.6. The van der Waals surface area contributed by atoms with E-state index in [1.54, 1.807) is 65.2 Å². The molecule has 1 aliphatic carbocycles. The lowest BCUT2D eigenvalue weighted by Crippen LogP contribution is -2.15. The van der Waals surface area contributed by atoms with Gasteiger partial charge in [0.1, 0.15) is 11.6 Å². The van der Waals surface area contributed by atoms with E-state index in [0.29, 0.717) is 16.7 Å². The van der Waals surface area contributed by atoms with Crippen molar-refractivity contribution in [3.05, 3.63) is 113 Å². The van der Waals surface area contributed by atoms with Crippen LogP contribution in [-0.4, -0.2) is 29.4 Å². The van der Waals surface area contributed by atoms with E-state index >= 15 is 0 Å². The summed E-state index contributed by atoms with van der Waals surface area (Å²) in [5, 5.41) is 18.1. The van der Waals surface area contributed by atoms with Gasteiger partial charge in [0.15, 0.2) is 5.78 Å². The van der Waals surface area contributed by atoms with Crippen LogP contribution in [0, 0.1) is 11.3 Å². The Labute approximate surface area is 231 Å². The molecule has 0 amide bonds. The first-order chi connectivity index (χ1) is 17.9. The maximum Gasteiger partial charge on any atom is 0.346 e. The summed E-state index contributed by atoms with van der Waals surface area (Å²) in [6.45, 7) is 0. The molecule has 37 heavy (non-hydrogen) atoms. The molecule has 0 spiro atoms. The third-order valence-corrected chi connectivity index (χ3v) is 11.2. The van der Waals surface area contributed by atoms with Crippen molar-refractivity contribution < 1.29 is 14.7 Å². The monoisotopic (exact) mass is 557 g/mol. The molecule has 5 rings (SSSR count). The summed E-state index contributed by atoms with van der Waals surface area (Å²) < 4.78 is 3.75. The fourth-order valence-corrected chi connectivity index (χ4v) is 9.37. The molecule has 3 aromatic carbocycles. The van der Waals surface area contributed by atoms with Crippen LogP contribution in [0.25, 0.3) is 22.8 Å². The van der Waals surface area contributed by atoms with Crippen molar-refractivity contribution >= 4 is 70.4 Å². The number of hydrogen-bond donors (Lipinski definition) is 1. The average Bonchev–Trinajstić information content (AvgIpc) is 3.35. The molecule has 0 radical (unpaired) electrons. The lowest BCUT2D eigenvalue weighted by Gasteiger charge is -2.24. The number of fused-ring (bicyclic) bond motifs is 2. The van der Waals surface area contributed by atoms with Gasteiger partial charge < -0.3 is 5.11 Å². The first-order valence-electron chi connectivity index (χ1n) is 11.1. The van der Waals surface area contributed by atoms with Crippen molar-refractivity contribution in [2.24, 2.45) is 0 Å². The smallest absolute Gasteiger partial charge is 0.346 e. The lowest BCUT2D eigenvalue weighted by molar-refractivity contribution is -0.132. The van der Waals surface area contributed by atoms with Crippen molar-refractivity contribution in [1.29, 1.82) is 5.26 Å². The second kappa shape index (κ2) is 10.7. The molecule has 1 heterocycles. The first kappa shape index (κ1) is 25.6. The minimum atomic E-state index is -1.26. The molecule has 3 aromatic rings. The fourth-order valence-electron chi connectivity index (χ4n) is 4.24. The summed E-state index contributed by atoms with van der Waals surface area (Å²) in [5.74, 6) is -1.25. The summed E-state index contributed by atoms with van der Waals surface area (Å²) in [4.78, 5) is 24.8. The molecule has 8 heteroatoms. The van der Waals surface area contributed by atoms with Crippen LogP contribution in [0.4, 0.5) is 0 Å². The number of nitrogens with zero attached hydrogens (tertiary/aromatic N) is 1. The van der Waals surface area contributed by atoms with Crippen LogP contribution in [0.15, 0.2) is 85.0 Å². The average molecular weight is 558 g/mol. The van der Waals surface area contributed by atoms with Crippen LogP contribution in [0.2, 0.25) is 0 Å². The van der Waals surface area contributed by atoms with Gasteiger partial charge in [-0.25, -0.2) is 4.79 Å². The SMILES string of the molecule is CSC1=C(SC)SC(=C2c3ccccc3C(=O)c3cc(-c4ccc(/C=C(/C#N)C(=O)O)cc4)ccc32)S1. The van der Waals surface area contributed by atoms with Gasteiger partial charge in [0.05, 0.1) is 12.7 Å². The van der Waals surface area contributed by atoms with E-state index in [0.717, 1.165) is 27.8 Å². The maximum absolute atomic E-state index is 13.6. The van der Waals surface area contributed by atoms with Gasteiger partial charge in [-0.15, -0.1) is 23.5 Å². The van der Waals surface area contributed by atoms with Crippen LogP contribution in [0.5, 0.6) is 0 Å². The van der Waals surface area contributed by atoms with Gasteiger partial charge in [-0.3, -0.25) is 4.79 Å². The number of benzene rings is 3. The van der Waals surface area contributed by atoms with Crippen LogP contribution in [-0.2, 0) is 4.79 Å². The molecule has 2 aliphatic rings. The Balaban J connectivity index is 1.59. The molecule has 182 valence electrons. The second-order valence-corrected chi connectivity index (χ2v) is 12.5. The van der Waals surface area contributed by atoms with E-state index in [4.69, 9.17) is 10.4 Å². The number of hydrogen-bond acceptors (Lipinski definition) is 7. The zero-order valence-electron chi connectivity index (χ0n) is 19.8. The number of carboxylic acid groups (broad SMARTS) is 1. The number of thioether (sulfide) groups is 4. The molecule has 1 aliphatic heterocycles. The minimum Gasteiger partial charge on any atom is -0.477 e. The van der Waals surface area contributed by atoms with Gasteiger partial charge in [-0.2, -0.15) is 5.26 Å². The Morgan fingerprint density at radius 3 is 2.05 bits per heavy atom. The molecule has 0 atom stereocenters. The zero-order valence-corrected chi connectivity index (χ0v) is 23.0. The normalized spacial score (nSPS) is 14.9. The first-order valence-corrected chi connectivity index (χ1v) is 15.2. The number of carbonyl (C=O) groups is 2. The van der Waals surface area contributed by atoms with Crippen molar-refractivity contribution in [2.45, 2.75) is 0 Å². The third kappa shape index (κ3) is 4.80. The predicted molar refractivity (Wildman–Crippen MR) is 158 cm³/mol. The number of carbonyl (C=O) groups excluding carboxylic acids is 1. The van der Waals surface area contributed by atoms with Gasteiger partial charge in [-0.05, 0) is 52.5 Å². The Hall–Kier alpha value is -3.09. The van der Waals surface area contributed by atoms with Crippen LogP contribution >= 0.6 is 47.0 Å². The van der Waals surface area contributed by atoms with E-state index in [9.17, 15) is 9.59 Å². The van der Waals surface area contributed by atoms with Gasteiger partial charge in [0.2, 0.25) is 0 Å². The number of aliphatic carboxylic acids is 1. The molecule has 0 aromatic heterocycles.